The molecule has 0 saturated carbocycles. The molecule has 122 valence electrons. The largest absolute Gasteiger partial charge is 0.465 e. The Hall–Kier alpha value is -3.00. The summed E-state index contributed by atoms with van der Waals surface area (Å²) in [6, 6.07) is 7.51. The zero-order valence-electron chi connectivity index (χ0n) is 12.2. The summed E-state index contributed by atoms with van der Waals surface area (Å²) in [6.07, 6.45) is 4.07. The highest BCUT2D eigenvalue weighted by molar-refractivity contribution is 7.22. The van der Waals surface area contributed by atoms with Crippen LogP contribution in [-0.2, 0) is 14.3 Å². The SMILES string of the molecule is O=C(COC(=O)/C=C/c1ccco1)Nc1nc2ccc(F)cc2s1. The smallest absolute Gasteiger partial charge is 0.331 e. The van der Waals surface area contributed by atoms with Crippen molar-refractivity contribution in [2.24, 2.45) is 0 Å². The fourth-order valence-electron chi connectivity index (χ4n) is 1.83. The molecular weight excluding hydrogens is 335 g/mol. The van der Waals surface area contributed by atoms with Crippen molar-refractivity contribution in [3.8, 4) is 0 Å². The lowest BCUT2D eigenvalue weighted by molar-refractivity contribution is -0.142. The Kier molecular flexibility index (Phi) is 4.66. The topological polar surface area (TPSA) is 81.4 Å². The Morgan fingerprint density at radius 3 is 3.04 bits per heavy atom. The quantitative estimate of drug-likeness (QED) is 0.567. The monoisotopic (exact) mass is 346 g/mol. The van der Waals surface area contributed by atoms with Crippen molar-refractivity contribution in [2.45, 2.75) is 0 Å². The van der Waals surface area contributed by atoms with E-state index in [-0.39, 0.29) is 5.82 Å². The molecule has 1 amide bonds. The van der Waals surface area contributed by atoms with Crippen LogP contribution in [0.1, 0.15) is 5.76 Å². The molecule has 1 N–H and O–H groups in total. The van der Waals surface area contributed by atoms with Gasteiger partial charge in [-0.3, -0.25) is 10.1 Å². The van der Waals surface area contributed by atoms with Crippen molar-refractivity contribution in [3.63, 3.8) is 0 Å². The number of benzene rings is 1. The van der Waals surface area contributed by atoms with Crippen LogP contribution in [0, 0.1) is 5.82 Å². The number of ether oxygens (including phenoxy) is 1. The number of carbonyl (C=O) groups is 2. The number of anilines is 1. The molecule has 0 aliphatic carbocycles. The third-order valence-corrected chi connectivity index (χ3v) is 3.80. The molecule has 2 heterocycles. The van der Waals surface area contributed by atoms with Crippen molar-refractivity contribution in [3.05, 3.63) is 54.2 Å². The van der Waals surface area contributed by atoms with Gasteiger partial charge in [0.15, 0.2) is 11.7 Å². The van der Waals surface area contributed by atoms with Gasteiger partial charge in [0.05, 0.1) is 16.5 Å². The summed E-state index contributed by atoms with van der Waals surface area (Å²) >= 11 is 1.13. The molecule has 0 saturated heterocycles. The third-order valence-electron chi connectivity index (χ3n) is 2.87. The van der Waals surface area contributed by atoms with Crippen LogP contribution in [0.3, 0.4) is 0 Å². The highest BCUT2D eigenvalue weighted by atomic mass is 32.1. The highest BCUT2D eigenvalue weighted by Gasteiger charge is 2.10. The van der Waals surface area contributed by atoms with E-state index in [4.69, 9.17) is 9.15 Å². The maximum absolute atomic E-state index is 13.1. The average Bonchev–Trinajstić information content (AvgIpc) is 3.19. The minimum absolute atomic E-state index is 0.308. The first-order chi connectivity index (χ1) is 11.6. The van der Waals surface area contributed by atoms with Gasteiger partial charge in [0.2, 0.25) is 0 Å². The number of furan rings is 1. The van der Waals surface area contributed by atoms with Crippen LogP contribution in [0.15, 0.2) is 47.1 Å². The number of nitrogens with one attached hydrogen (secondary N) is 1. The molecule has 6 nitrogen and oxygen atoms in total. The van der Waals surface area contributed by atoms with E-state index in [0.717, 1.165) is 17.4 Å². The standard InChI is InChI=1S/C16H11FN2O4S/c17-10-3-5-12-13(8-10)24-16(18-12)19-14(20)9-23-15(21)6-4-11-2-1-7-22-11/h1-8H,9H2,(H,18,19,20)/b6-4+. The number of nitrogens with zero attached hydrogens (tertiary/aromatic N) is 1. The predicted molar refractivity (Wildman–Crippen MR) is 86.9 cm³/mol. The molecule has 0 radical (unpaired) electrons. The number of esters is 1. The summed E-state index contributed by atoms with van der Waals surface area (Å²) in [5.41, 5.74) is 0.579. The van der Waals surface area contributed by atoms with Crippen molar-refractivity contribution in [1.29, 1.82) is 0 Å². The molecule has 3 aromatic rings. The number of hydrogen-bond acceptors (Lipinski definition) is 6. The van der Waals surface area contributed by atoms with E-state index in [1.54, 1.807) is 12.1 Å². The Labute approximate surface area is 139 Å². The van der Waals surface area contributed by atoms with E-state index < -0.39 is 18.5 Å². The molecule has 2 aromatic heterocycles. The number of aromatic nitrogens is 1. The highest BCUT2D eigenvalue weighted by Crippen LogP contribution is 2.26. The van der Waals surface area contributed by atoms with Gasteiger partial charge in [-0.1, -0.05) is 11.3 Å². The summed E-state index contributed by atoms with van der Waals surface area (Å²) in [5.74, 6) is -1.08. The van der Waals surface area contributed by atoms with Crippen LogP contribution in [-0.4, -0.2) is 23.5 Å². The van der Waals surface area contributed by atoms with Gasteiger partial charge in [-0.15, -0.1) is 0 Å². The number of hydrogen-bond donors (Lipinski definition) is 1. The van der Waals surface area contributed by atoms with Crippen molar-refractivity contribution < 1.29 is 23.1 Å². The van der Waals surface area contributed by atoms with Crippen LogP contribution in [0.2, 0.25) is 0 Å². The molecule has 0 fully saturated rings. The molecule has 0 aliphatic heterocycles. The van der Waals surface area contributed by atoms with Gasteiger partial charge in [-0.2, -0.15) is 0 Å². The van der Waals surface area contributed by atoms with Gasteiger partial charge in [0.1, 0.15) is 11.6 Å². The van der Waals surface area contributed by atoms with Crippen molar-refractivity contribution >= 4 is 44.6 Å². The third kappa shape index (κ3) is 4.05. The molecule has 0 aliphatic rings. The zero-order chi connectivity index (χ0) is 16.9. The lowest BCUT2D eigenvalue weighted by Crippen LogP contribution is -2.19. The molecule has 0 atom stereocenters. The van der Waals surface area contributed by atoms with Crippen LogP contribution < -0.4 is 5.32 Å². The van der Waals surface area contributed by atoms with E-state index in [9.17, 15) is 14.0 Å². The number of amides is 1. The number of carbonyl (C=O) groups excluding carboxylic acids is 2. The lowest BCUT2D eigenvalue weighted by atomic mass is 10.3. The minimum atomic E-state index is -0.673. The van der Waals surface area contributed by atoms with E-state index >= 15 is 0 Å². The average molecular weight is 346 g/mol. The lowest BCUT2D eigenvalue weighted by Gasteiger charge is -2.01. The molecule has 0 bridgehead atoms. The maximum atomic E-state index is 13.1. The molecular formula is C16H11FN2O4S. The Bertz CT molecular complexity index is 902. The van der Waals surface area contributed by atoms with E-state index in [0.29, 0.717) is 21.1 Å². The summed E-state index contributed by atoms with van der Waals surface area (Å²) < 4.78 is 23.6. The number of fused-ring (bicyclic) bond motifs is 1. The molecule has 0 unspecified atom stereocenters. The first kappa shape index (κ1) is 15.9. The maximum Gasteiger partial charge on any atom is 0.331 e. The molecule has 8 heteroatoms. The van der Waals surface area contributed by atoms with Gasteiger partial charge in [-0.05, 0) is 36.4 Å². The van der Waals surface area contributed by atoms with Crippen LogP contribution in [0.25, 0.3) is 16.3 Å². The normalized spacial score (nSPS) is 11.0. The van der Waals surface area contributed by atoms with E-state index in [1.165, 1.54) is 30.5 Å². The summed E-state index contributed by atoms with van der Waals surface area (Å²) in [5, 5.41) is 2.81. The molecule has 1 aromatic carbocycles. The van der Waals surface area contributed by atoms with Gasteiger partial charge in [0.25, 0.3) is 5.91 Å². The van der Waals surface area contributed by atoms with Crippen LogP contribution in [0.4, 0.5) is 9.52 Å². The second-order valence-corrected chi connectivity index (χ2v) is 5.67. The summed E-state index contributed by atoms with van der Waals surface area (Å²) in [6.45, 7) is -0.453. The van der Waals surface area contributed by atoms with Crippen molar-refractivity contribution in [2.75, 3.05) is 11.9 Å². The zero-order valence-corrected chi connectivity index (χ0v) is 13.0. The van der Waals surface area contributed by atoms with Gasteiger partial charge >= 0.3 is 5.97 Å². The predicted octanol–water partition coefficient (Wildman–Crippen LogP) is 3.22. The number of halogens is 1. The van der Waals surface area contributed by atoms with Crippen molar-refractivity contribution in [1.82, 2.24) is 4.98 Å². The van der Waals surface area contributed by atoms with Gasteiger partial charge in [-0.25, -0.2) is 14.2 Å². The fraction of sp³-hybridized carbons (Fsp3) is 0.0625. The first-order valence-electron chi connectivity index (χ1n) is 6.84. The second-order valence-electron chi connectivity index (χ2n) is 4.64. The fourth-order valence-corrected chi connectivity index (χ4v) is 2.74. The second kappa shape index (κ2) is 7.05. The number of thiazole rings is 1. The van der Waals surface area contributed by atoms with Crippen LogP contribution in [0.5, 0.6) is 0 Å². The Morgan fingerprint density at radius 2 is 2.25 bits per heavy atom. The summed E-state index contributed by atoms with van der Waals surface area (Å²) in [7, 11) is 0. The van der Waals surface area contributed by atoms with E-state index in [1.807, 2.05) is 0 Å². The molecule has 0 spiro atoms. The van der Waals surface area contributed by atoms with E-state index in [2.05, 4.69) is 10.3 Å². The number of rotatable bonds is 5. The molecule has 3 rings (SSSR count). The van der Waals surface area contributed by atoms with Gasteiger partial charge < -0.3 is 9.15 Å². The van der Waals surface area contributed by atoms with Crippen LogP contribution >= 0.6 is 11.3 Å². The minimum Gasteiger partial charge on any atom is -0.465 e. The summed E-state index contributed by atoms with van der Waals surface area (Å²) in [4.78, 5) is 27.4. The first-order valence-corrected chi connectivity index (χ1v) is 7.66. The Morgan fingerprint density at radius 1 is 1.38 bits per heavy atom. The molecule has 24 heavy (non-hydrogen) atoms. The van der Waals surface area contributed by atoms with Gasteiger partial charge in [0, 0.05) is 6.08 Å². The Balaban J connectivity index is 1.52.